The number of hydrogen-bond donors (Lipinski definition) is 1. The lowest BCUT2D eigenvalue weighted by Gasteiger charge is -2.42. The molecule has 1 fully saturated rings. The predicted molar refractivity (Wildman–Crippen MR) is 86.2 cm³/mol. The Kier molecular flexibility index (Phi) is 3.93. The summed E-state index contributed by atoms with van der Waals surface area (Å²) in [6.45, 7) is 7.44. The zero-order valence-corrected chi connectivity index (χ0v) is 13.9. The third-order valence-electron chi connectivity index (χ3n) is 3.86. The quantitative estimate of drug-likeness (QED) is 0.901. The van der Waals surface area contributed by atoms with Crippen LogP contribution in [0.5, 0.6) is 0 Å². The molecular formula is C15H22N6O2. The monoisotopic (exact) mass is 318 g/mol. The second-order valence-corrected chi connectivity index (χ2v) is 6.62. The Morgan fingerprint density at radius 2 is 2.26 bits per heavy atom. The summed E-state index contributed by atoms with van der Waals surface area (Å²) in [6, 6.07) is 0. The van der Waals surface area contributed by atoms with Crippen molar-refractivity contribution in [3.63, 3.8) is 0 Å². The van der Waals surface area contributed by atoms with E-state index in [0.29, 0.717) is 24.6 Å². The normalized spacial score (nSPS) is 20.7. The fourth-order valence-electron chi connectivity index (χ4n) is 3.06. The van der Waals surface area contributed by atoms with E-state index in [0.717, 1.165) is 5.52 Å². The van der Waals surface area contributed by atoms with Crippen LogP contribution in [0.1, 0.15) is 20.8 Å². The molecule has 3 rings (SSSR count). The number of fused-ring (bicyclic) bond motifs is 1. The molecule has 8 nitrogen and oxygen atoms in total. The fraction of sp³-hybridized carbons (Fsp3) is 0.600. The number of anilines is 1. The number of morpholine rings is 1. The van der Waals surface area contributed by atoms with E-state index in [-0.39, 0.29) is 24.2 Å². The van der Waals surface area contributed by atoms with Crippen molar-refractivity contribution in [1.29, 1.82) is 0 Å². The van der Waals surface area contributed by atoms with E-state index >= 15 is 0 Å². The number of aromatic nitrogens is 4. The maximum absolute atomic E-state index is 12.6. The van der Waals surface area contributed by atoms with Gasteiger partial charge in [0.1, 0.15) is 11.8 Å². The predicted octanol–water partition coefficient (Wildman–Crippen LogP) is 0.815. The largest absolute Gasteiger partial charge is 0.369 e. The van der Waals surface area contributed by atoms with E-state index in [9.17, 15) is 4.79 Å². The van der Waals surface area contributed by atoms with E-state index in [2.05, 4.69) is 19.9 Å². The molecule has 2 aromatic heterocycles. The van der Waals surface area contributed by atoms with Crippen molar-refractivity contribution in [3.05, 3.63) is 12.7 Å². The van der Waals surface area contributed by atoms with Crippen LogP contribution in [0.4, 0.5) is 5.82 Å². The van der Waals surface area contributed by atoms with Crippen LogP contribution >= 0.6 is 0 Å². The SMILES string of the molecule is C[C@@H]1CN(C(=O)CN(C)c2ncnc3nc[nH]c23)CC(C)(C)O1. The average Bonchev–Trinajstić information content (AvgIpc) is 2.93. The fourth-order valence-corrected chi connectivity index (χ4v) is 3.06. The van der Waals surface area contributed by atoms with Crippen molar-refractivity contribution >= 4 is 22.9 Å². The minimum absolute atomic E-state index is 0.0337. The number of ether oxygens (including phenoxy) is 1. The van der Waals surface area contributed by atoms with Crippen molar-refractivity contribution < 1.29 is 9.53 Å². The van der Waals surface area contributed by atoms with Gasteiger partial charge in [-0.05, 0) is 20.8 Å². The molecule has 1 aliphatic heterocycles. The Bertz CT molecular complexity index is 713. The molecule has 0 unspecified atom stereocenters. The molecule has 0 spiro atoms. The zero-order valence-electron chi connectivity index (χ0n) is 13.9. The summed E-state index contributed by atoms with van der Waals surface area (Å²) < 4.78 is 5.85. The van der Waals surface area contributed by atoms with Crippen LogP contribution in [0.3, 0.4) is 0 Å². The maximum atomic E-state index is 12.6. The zero-order chi connectivity index (χ0) is 16.6. The van der Waals surface area contributed by atoms with E-state index in [1.54, 1.807) is 6.33 Å². The first-order chi connectivity index (χ1) is 10.9. The van der Waals surface area contributed by atoms with Gasteiger partial charge in [0.2, 0.25) is 5.91 Å². The van der Waals surface area contributed by atoms with Crippen molar-refractivity contribution in [2.45, 2.75) is 32.5 Å². The molecule has 0 radical (unpaired) electrons. The molecule has 8 heteroatoms. The van der Waals surface area contributed by atoms with E-state index < -0.39 is 0 Å². The van der Waals surface area contributed by atoms with Crippen LogP contribution < -0.4 is 4.90 Å². The number of aromatic amines is 1. The first-order valence-corrected chi connectivity index (χ1v) is 7.66. The summed E-state index contributed by atoms with van der Waals surface area (Å²) in [4.78, 5) is 31.8. The highest BCUT2D eigenvalue weighted by Crippen LogP contribution is 2.22. The number of amides is 1. The van der Waals surface area contributed by atoms with E-state index in [4.69, 9.17) is 4.74 Å². The highest BCUT2D eigenvalue weighted by atomic mass is 16.5. The summed E-state index contributed by atoms with van der Waals surface area (Å²) in [5.41, 5.74) is 1.01. The van der Waals surface area contributed by atoms with Gasteiger partial charge in [-0.2, -0.15) is 0 Å². The number of H-pyrrole nitrogens is 1. The van der Waals surface area contributed by atoms with Gasteiger partial charge in [-0.15, -0.1) is 0 Å². The number of likely N-dealkylation sites (N-methyl/N-ethyl adjacent to an activating group) is 1. The highest BCUT2D eigenvalue weighted by Gasteiger charge is 2.34. The van der Waals surface area contributed by atoms with Gasteiger partial charge in [0, 0.05) is 20.1 Å². The van der Waals surface area contributed by atoms with Crippen LogP contribution in [0.2, 0.25) is 0 Å². The van der Waals surface area contributed by atoms with E-state index in [1.807, 2.05) is 37.6 Å². The molecule has 23 heavy (non-hydrogen) atoms. The van der Waals surface area contributed by atoms with Crippen molar-refractivity contribution in [1.82, 2.24) is 24.8 Å². The summed E-state index contributed by atoms with van der Waals surface area (Å²) in [5.74, 6) is 0.725. The topological polar surface area (TPSA) is 87.2 Å². The van der Waals surface area contributed by atoms with Gasteiger partial charge in [0.05, 0.1) is 24.6 Å². The first-order valence-electron chi connectivity index (χ1n) is 7.66. The van der Waals surface area contributed by atoms with Gasteiger partial charge < -0.3 is 19.5 Å². The van der Waals surface area contributed by atoms with E-state index in [1.165, 1.54) is 6.33 Å². The third-order valence-corrected chi connectivity index (χ3v) is 3.86. The summed E-state index contributed by atoms with van der Waals surface area (Å²) in [7, 11) is 1.84. The van der Waals surface area contributed by atoms with Crippen molar-refractivity contribution in [2.24, 2.45) is 0 Å². The van der Waals surface area contributed by atoms with Gasteiger partial charge in [0.15, 0.2) is 11.5 Å². The number of carbonyl (C=O) groups is 1. The molecule has 0 bridgehead atoms. The van der Waals surface area contributed by atoms with Gasteiger partial charge in [-0.1, -0.05) is 0 Å². The molecule has 2 aromatic rings. The second kappa shape index (κ2) is 5.77. The standard InChI is InChI=1S/C15H22N6O2/c1-10-5-21(7-15(2,3)23-10)11(22)6-20(4)14-12-13(17-8-16-12)18-9-19-14/h8-10H,5-7H2,1-4H3,(H,16,17,18,19)/t10-/m1/s1. The average molecular weight is 318 g/mol. The minimum Gasteiger partial charge on any atom is -0.369 e. The van der Waals surface area contributed by atoms with Crippen LogP contribution in [-0.2, 0) is 9.53 Å². The Morgan fingerprint density at radius 3 is 3.00 bits per heavy atom. The maximum Gasteiger partial charge on any atom is 0.242 e. The number of carbonyl (C=O) groups excluding carboxylic acids is 1. The van der Waals surface area contributed by atoms with Gasteiger partial charge >= 0.3 is 0 Å². The highest BCUT2D eigenvalue weighted by molar-refractivity contribution is 5.87. The lowest BCUT2D eigenvalue weighted by Crippen LogP contribution is -2.55. The molecule has 0 saturated carbocycles. The number of nitrogens with zero attached hydrogens (tertiary/aromatic N) is 5. The second-order valence-electron chi connectivity index (χ2n) is 6.62. The Morgan fingerprint density at radius 1 is 1.48 bits per heavy atom. The molecule has 1 amide bonds. The molecule has 1 aliphatic rings. The third kappa shape index (κ3) is 3.26. The molecular weight excluding hydrogens is 296 g/mol. The Balaban J connectivity index is 1.73. The number of nitrogens with one attached hydrogen (secondary N) is 1. The number of imidazole rings is 1. The first kappa shape index (κ1) is 15.7. The summed E-state index contributed by atoms with van der Waals surface area (Å²) in [5, 5.41) is 0. The molecule has 124 valence electrons. The van der Waals surface area contributed by atoms with Crippen molar-refractivity contribution in [2.75, 3.05) is 31.6 Å². The minimum atomic E-state index is -0.322. The Labute approximate surface area is 134 Å². The Hall–Kier alpha value is -2.22. The van der Waals surface area contributed by atoms with Gasteiger partial charge in [-0.3, -0.25) is 4.79 Å². The smallest absolute Gasteiger partial charge is 0.242 e. The van der Waals surface area contributed by atoms with Gasteiger partial charge in [0.25, 0.3) is 0 Å². The van der Waals surface area contributed by atoms with Crippen LogP contribution in [0.25, 0.3) is 11.2 Å². The van der Waals surface area contributed by atoms with Crippen molar-refractivity contribution in [3.8, 4) is 0 Å². The number of hydrogen-bond acceptors (Lipinski definition) is 6. The molecule has 1 N–H and O–H groups in total. The molecule has 1 saturated heterocycles. The molecule has 1 atom stereocenters. The molecule has 0 aromatic carbocycles. The molecule has 0 aliphatic carbocycles. The molecule has 3 heterocycles. The lowest BCUT2D eigenvalue weighted by atomic mass is 10.1. The van der Waals surface area contributed by atoms with Crippen LogP contribution in [-0.4, -0.2) is 69.1 Å². The summed E-state index contributed by atoms with van der Waals surface area (Å²) >= 11 is 0. The van der Waals surface area contributed by atoms with Crippen LogP contribution in [0, 0.1) is 0 Å². The van der Waals surface area contributed by atoms with Gasteiger partial charge in [-0.25, -0.2) is 15.0 Å². The number of rotatable bonds is 3. The summed E-state index contributed by atoms with van der Waals surface area (Å²) in [6.07, 6.45) is 3.07. The lowest BCUT2D eigenvalue weighted by molar-refractivity contribution is -0.156. The van der Waals surface area contributed by atoms with Crippen LogP contribution in [0.15, 0.2) is 12.7 Å².